The number of anilines is 1. The molecule has 1 unspecified atom stereocenters. The lowest BCUT2D eigenvalue weighted by Gasteiger charge is -2.16. The molecule has 0 saturated carbocycles. The van der Waals surface area contributed by atoms with E-state index in [1.165, 1.54) is 29.0 Å². The molecule has 1 aromatic carbocycles. The molecule has 1 aromatic rings. The van der Waals surface area contributed by atoms with Crippen LogP contribution in [0.1, 0.15) is 46.1 Å². The number of hydrogen-bond acceptors (Lipinski definition) is 4. The number of rotatable bonds is 8. The molecule has 1 aliphatic carbocycles. The smallest absolute Gasteiger partial charge is 0.414 e. The summed E-state index contributed by atoms with van der Waals surface area (Å²) >= 11 is 0. The minimum atomic E-state index is -0.538. The molecular weight excluding hydrogens is 409 g/mol. The van der Waals surface area contributed by atoms with Gasteiger partial charge < -0.3 is 15.4 Å². The topological polar surface area (TPSA) is 70.7 Å². The van der Waals surface area contributed by atoms with Gasteiger partial charge in [-0.05, 0) is 66.8 Å². The Morgan fingerprint density at radius 1 is 1.28 bits per heavy atom. The number of carbonyl (C=O) groups is 2. The summed E-state index contributed by atoms with van der Waals surface area (Å²) in [6.07, 6.45) is 4.92. The lowest BCUT2D eigenvalue weighted by molar-refractivity contribution is -0.119. The van der Waals surface area contributed by atoms with Gasteiger partial charge in [-0.25, -0.2) is 9.18 Å². The van der Waals surface area contributed by atoms with E-state index in [4.69, 9.17) is 4.74 Å². The highest BCUT2D eigenvalue weighted by atomic mass is 19.1. The van der Waals surface area contributed by atoms with Gasteiger partial charge in [0.05, 0.1) is 18.8 Å². The van der Waals surface area contributed by atoms with E-state index < -0.39 is 12.2 Å². The van der Waals surface area contributed by atoms with Gasteiger partial charge in [0.25, 0.3) is 0 Å². The number of halogens is 1. The molecule has 0 bridgehead atoms. The minimum absolute atomic E-state index is 0.190. The molecule has 6 nitrogen and oxygen atoms in total. The molecule has 1 saturated heterocycles. The van der Waals surface area contributed by atoms with E-state index in [1.807, 2.05) is 6.92 Å². The lowest BCUT2D eigenvalue weighted by Crippen LogP contribution is -2.33. The maximum absolute atomic E-state index is 15.2. The second kappa shape index (κ2) is 10.6. The van der Waals surface area contributed by atoms with Crippen molar-refractivity contribution in [2.45, 2.75) is 46.6 Å². The Kier molecular flexibility index (Phi) is 7.85. The molecule has 7 heteroatoms. The summed E-state index contributed by atoms with van der Waals surface area (Å²) < 4.78 is 20.5. The normalized spacial score (nSPS) is 18.8. The molecule has 1 fully saturated rings. The molecule has 1 heterocycles. The first-order valence-corrected chi connectivity index (χ1v) is 11.2. The van der Waals surface area contributed by atoms with E-state index in [-0.39, 0.29) is 24.8 Å². The van der Waals surface area contributed by atoms with Crippen LogP contribution in [0.25, 0.3) is 5.57 Å². The van der Waals surface area contributed by atoms with Crippen LogP contribution in [0, 0.1) is 5.82 Å². The Morgan fingerprint density at radius 2 is 2.06 bits per heavy atom. The van der Waals surface area contributed by atoms with E-state index in [1.54, 1.807) is 12.1 Å². The Bertz CT molecular complexity index is 981. The van der Waals surface area contributed by atoms with Gasteiger partial charge in [0.1, 0.15) is 11.9 Å². The van der Waals surface area contributed by atoms with Gasteiger partial charge in [0.15, 0.2) is 0 Å². The molecule has 2 amide bonds. The number of amides is 2. The zero-order valence-corrected chi connectivity index (χ0v) is 19.3. The van der Waals surface area contributed by atoms with Crippen molar-refractivity contribution in [3.63, 3.8) is 0 Å². The summed E-state index contributed by atoms with van der Waals surface area (Å²) in [7, 11) is 0. The van der Waals surface area contributed by atoms with Crippen molar-refractivity contribution >= 4 is 23.3 Å². The van der Waals surface area contributed by atoms with Gasteiger partial charge in [-0.2, -0.15) is 0 Å². The second-order valence-corrected chi connectivity index (χ2v) is 8.12. The molecule has 1 aliphatic heterocycles. The third-order valence-electron chi connectivity index (χ3n) is 5.82. The zero-order valence-electron chi connectivity index (χ0n) is 19.3. The molecule has 0 aromatic heterocycles. The number of nitrogens with zero attached hydrogens (tertiary/aromatic N) is 1. The fourth-order valence-corrected chi connectivity index (χ4v) is 4.09. The summed E-state index contributed by atoms with van der Waals surface area (Å²) in [5.74, 6) is -0.560. The molecule has 0 spiro atoms. The number of likely N-dealkylation sites (N-methyl/N-ethyl adjacent to an activating group) is 1. The van der Waals surface area contributed by atoms with Crippen LogP contribution in [0.15, 0.2) is 47.1 Å². The van der Waals surface area contributed by atoms with E-state index in [2.05, 4.69) is 36.6 Å². The van der Waals surface area contributed by atoms with Crippen LogP contribution in [0.2, 0.25) is 0 Å². The Labute approximate surface area is 189 Å². The number of carbonyl (C=O) groups excluding carboxylic acids is 2. The summed E-state index contributed by atoms with van der Waals surface area (Å²) in [5, 5.41) is 6.02. The summed E-state index contributed by atoms with van der Waals surface area (Å²) in [6.45, 7) is 9.82. The monoisotopic (exact) mass is 441 g/mol. The predicted molar refractivity (Wildman–Crippen MR) is 125 cm³/mol. The maximum Gasteiger partial charge on any atom is 0.414 e. The zero-order chi connectivity index (χ0) is 23.3. The largest absolute Gasteiger partial charge is 0.442 e. The van der Waals surface area contributed by atoms with Crippen molar-refractivity contribution in [3.8, 4) is 0 Å². The van der Waals surface area contributed by atoms with Gasteiger partial charge >= 0.3 is 6.09 Å². The molecule has 32 heavy (non-hydrogen) atoms. The van der Waals surface area contributed by atoms with Crippen LogP contribution < -0.4 is 15.5 Å². The van der Waals surface area contributed by atoms with Gasteiger partial charge in [0, 0.05) is 19.0 Å². The fourth-order valence-electron chi connectivity index (χ4n) is 4.09. The molecule has 0 radical (unpaired) electrons. The number of cyclic esters (lactones) is 1. The van der Waals surface area contributed by atoms with Crippen molar-refractivity contribution in [2.75, 3.05) is 31.1 Å². The van der Waals surface area contributed by atoms with Gasteiger partial charge in [-0.1, -0.05) is 26.0 Å². The summed E-state index contributed by atoms with van der Waals surface area (Å²) in [5.41, 5.74) is 5.49. The SMILES string of the molecule is CCNCC1=CC(C)=C(c2ccc(N3CC(CNC(C)=O)OC3=O)cc2F)CC=C1CC. The van der Waals surface area contributed by atoms with E-state index >= 15 is 4.39 Å². The van der Waals surface area contributed by atoms with Crippen molar-refractivity contribution in [1.82, 2.24) is 10.6 Å². The van der Waals surface area contributed by atoms with E-state index in [0.29, 0.717) is 17.7 Å². The minimum Gasteiger partial charge on any atom is -0.442 e. The highest BCUT2D eigenvalue weighted by molar-refractivity contribution is 5.90. The number of benzene rings is 1. The third-order valence-corrected chi connectivity index (χ3v) is 5.82. The molecule has 172 valence electrons. The van der Waals surface area contributed by atoms with Crippen molar-refractivity contribution in [3.05, 3.63) is 58.5 Å². The van der Waals surface area contributed by atoms with Crippen LogP contribution in [0.4, 0.5) is 14.9 Å². The van der Waals surface area contributed by atoms with Crippen LogP contribution in [0.5, 0.6) is 0 Å². The number of hydrogen-bond donors (Lipinski definition) is 2. The predicted octanol–water partition coefficient (Wildman–Crippen LogP) is 4.34. The molecule has 2 N–H and O–H groups in total. The first kappa shape index (κ1) is 23.7. The maximum atomic E-state index is 15.2. The van der Waals surface area contributed by atoms with Gasteiger partial charge in [-0.3, -0.25) is 9.69 Å². The molecular formula is C25H32FN3O3. The van der Waals surface area contributed by atoms with Crippen LogP contribution >= 0.6 is 0 Å². The lowest BCUT2D eigenvalue weighted by atomic mass is 9.97. The Hall–Kier alpha value is -2.93. The highest BCUT2D eigenvalue weighted by Gasteiger charge is 2.32. The van der Waals surface area contributed by atoms with Crippen LogP contribution in [0.3, 0.4) is 0 Å². The van der Waals surface area contributed by atoms with E-state index in [0.717, 1.165) is 30.7 Å². The summed E-state index contributed by atoms with van der Waals surface area (Å²) in [6, 6.07) is 4.87. The number of nitrogens with one attached hydrogen (secondary N) is 2. The first-order chi connectivity index (χ1) is 15.3. The molecule has 1 atom stereocenters. The third kappa shape index (κ3) is 5.46. The highest BCUT2D eigenvalue weighted by Crippen LogP contribution is 2.34. The number of ether oxygens (including phenoxy) is 1. The first-order valence-electron chi connectivity index (χ1n) is 11.2. The average Bonchev–Trinajstić information content (AvgIpc) is 3.05. The number of allylic oxidation sites excluding steroid dienone is 4. The van der Waals surface area contributed by atoms with Crippen molar-refractivity contribution < 1.29 is 18.7 Å². The van der Waals surface area contributed by atoms with Crippen molar-refractivity contribution in [2.24, 2.45) is 0 Å². The van der Waals surface area contributed by atoms with Crippen molar-refractivity contribution in [1.29, 1.82) is 0 Å². The van der Waals surface area contributed by atoms with Gasteiger partial charge in [-0.15, -0.1) is 0 Å². The quantitative estimate of drug-likeness (QED) is 0.630. The standard InChI is InChI=1S/C25H32FN3O3/c1-5-18-7-9-22(16(3)11-19(18)13-27-6-2)23-10-8-20(12-24(23)26)29-15-21(32-25(29)31)14-28-17(4)30/h7-8,10-12,21,27H,5-6,9,13-15H2,1-4H3,(H,28,30). The van der Waals surface area contributed by atoms with Crippen LogP contribution in [-0.2, 0) is 9.53 Å². The Balaban J connectivity index is 1.83. The fraction of sp³-hybridized carbons (Fsp3) is 0.440. The molecule has 3 rings (SSSR count). The Morgan fingerprint density at radius 3 is 2.72 bits per heavy atom. The van der Waals surface area contributed by atoms with E-state index in [9.17, 15) is 9.59 Å². The van der Waals surface area contributed by atoms with Crippen LogP contribution in [-0.4, -0.2) is 44.3 Å². The average molecular weight is 442 g/mol. The summed E-state index contributed by atoms with van der Waals surface area (Å²) in [4.78, 5) is 24.8. The second-order valence-electron chi connectivity index (χ2n) is 8.12. The van der Waals surface area contributed by atoms with Gasteiger partial charge in [0.2, 0.25) is 5.91 Å². The molecule has 2 aliphatic rings.